The van der Waals surface area contributed by atoms with E-state index >= 15 is 0 Å². The zero-order valence-corrected chi connectivity index (χ0v) is 13.7. The van der Waals surface area contributed by atoms with E-state index in [1.807, 2.05) is 12.1 Å². The average Bonchev–Trinajstić information content (AvgIpc) is 2.54. The molecule has 0 saturated carbocycles. The van der Waals surface area contributed by atoms with Crippen molar-refractivity contribution in [1.29, 1.82) is 0 Å². The van der Waals surface area contributed by atoms with Gasteiger partial charge in [-0.3, -0.25) is 0 Å². The number of benzene rings is 2. The van der Waals surface area contributed by atoms with Crippen LogP contribution in [0.2, 0.25) is 0 Å². The van der Waals surface area contributed by atoms with E-state index in [0.717, 1.165) is 37.4 Å². The van der Waals surface area contributed by atoms with Gasteiger partial charge in [0.05, 0.1) is 13.7 Å². The number of fused-ring (bicyclic) bond motifs is 1. The second-order valence-corrected chi connectivity index (χ2v) is 6.45. The molecule has 21 heavy (non-hydrogen) atoms. The fraction of sp³-hybridized carbons (Fsp3) is 0.333. The molecule has 0 spiro atoms. The first-order chi connectivity index (χ1) is 10.3. The lowest BCUT2D eigenvalue weighted by Gasteiger charge is -2.19. The summed E-state index contributed by atoms with van der Waals surface area (Å²) in [6, 6.07) is 14.8. The number of rotatable bonds is 4. The third-order valence-electron chi connectivity index (χ3n) is 3.84. The van der Waals surface area contributed by atoms with Crippen LogP contribution in [-0.2, 0) is 12.8 Å². The van der Waals surface area contributed by atoms with Gasteiger partial charge in [0.15, 0.2) is 0 Å². The predicted molar refractivity (Wildman–Crippen MR) is 88.6 cm³/mol. The summed E-state index contributed by atoms with van der Waals surface area (Å²) in [5, 5.41) is 0. The Morgan fingerprint density at radius 1 is 1.24 bits per heavy atom. The predicted octanol–water partition coefficient (Wildman–Crippen LogP) is 4.70. The van der Waals surface area contributed by atoms with Crippen LogP contribution in [0.25, 0.3) is 0 Å². The van der Waals surface area contributed by atoms with Crippen LogP contribution in [-0.4, -0.2) is 13.7 Å². The molecule has 0 amide bonds. The topological polar surface area (TPSA) is 18.5 Å². The van der Waals surface area contributed by atoms with E-state index in [0.29, 0.717) is 4.83 Å². The number of hydrogen-bond donors (Lipinski definition) is 0. The summed E-state index contributed by atoms with van der Waals surface area (Å²) in [6.45, 7) is 0.841. The number of aryl methyl sites for hydroxylation is 1. The summed E-state index contributed by atoms with van der Waals surface area (Å²) in [5.41, 5.74) is 3.90. The molecular formula is C18H19BrO2. The van der Waals surface area contributed by atoms with Gasteiger partial charge in [0, 0.05) is 4.83 Å². The van der Waals surface area contributed by atoms with Gasteiger partial charge in [-0.05, 0) is 54.2 Å². The number of alkyl halides is 1. The summed E-state index contributed by atoms with van der Waals surface area (Å²) >= 11 is 3.82. The van der Waals surface area contributed by atoms with Gasteiger partial charge in [0.1, 0.15) is 11.5 Å². The molecule has 2 aromatic carbocycles. The molecule has 1 aliphatic rings. The van der Waals surface area contributed by atoms with Crippen LogP contribution >= 0.6 is 15.9 Å². The monoisotopic (exact) mass is 346 g/mol. The third-order valence-corrected chi connectivity index (χ3v) is 4.70. The highest BCUT2D eigenvalue weighted by Gasteiger charge is 2.14. The quantitative estimate of drug-likeness (QED) is 0.747. The van der Waals surface area contributed by atoms with E-state index in [4.69, 9.17) is 9.47 Å². The molecule has 1 aliphatic heterocycles. The molecular weight excluding hydrogens is 328 g/mol. The van der Waals surface area contributed by atoms with Crippen molar-refractivity contribution in [1.82, 2.24) is 0 Å². The van der Waals surface area contributed by atoms with Crippen molar-refractivity contribution in [3.63, 3.8) is 0 Å². The van der Waals surface area contributed by atoms with Crippen molar-refractivity contribution in [2.24, 2.45) is 0 Å². The van der Waals surface area contributed by atoms with Crippen molar-refractivity contribution in [2.45, 2.75) is 24.1 Å². The fourth-order valence-corrected chi connectivity index (χ4v) is 3.36. The van der Waals surface area contributed by atoms with Gasteiger partial charge in [0.2, 0.25) is 0 Å². The molecule has 2 nitrogen and oxygen atoms in total. The third kappa shape index (κ3) is 3.41. The maximum absolute atomic E-state index is 5.67. The first kappa shape index (κ1) is 14.5. The number of hydrogen-bond acceptors (Lipinski definition) is 2. The lowest BCUT2D eigenvalue weighted by Crippen LogP contribution is -2.09. The summed E-state index contributed by atoms with van der Waals surface area (Å²) in [6.07, 6.45) is 3.16. The van der Waals surface area contributed by atoms with Gasteiger partial charge in [-0.25, -0.2) is 0 Å². The van der Waals surface area contributed by atoms with Crippen LogP contribution < -0.4 is 9.47 Å². The normalized spacial score (nSPS) is 15.0. The lowest BCUT2D eigenvalue weighted by atomic mass is 9.99. The van der Waals surface area contributed by atoms with E-state index < -0.39 is 0 Å². The molecule has 3 heteroatoms. The zero-order chi connectivity index (χ0) is 14.7. The molecule has 2 aromatic rings. The van der Waals surface area contributed by atoms with Crippen molar-refractivity contribution in [3.05, 3.63) is 59.2 Å². The Labute approximate surface area is 134 Å². The summed E-state index contributed by atoms with van der Waals surface area (Å²) in [4.78, 5) is 0.303. The maximum Gasteiger partial charge on any atom is 0.122 e. The molecule has 0 N–H and O–H groups in total. The lowest BCUT2D eigenvalue weighted by molar-refractivity contribution is 0.288. The summed E-state index contributed by atoms with van der Waals surface area (Å²) in [7, 11) is 1.70. The smallest absolute Gasteiger partial charge is 0.122 e. The van der Waals surface area contributed by atoms with Gasteiger partial charge >= 0.3 is 0 Å². The highest BCUT2D eigenvalue weighted by molar-refractivity contribution is 9.09. The Kier molecular flexibility index (Phi) is 4.49. The molecule has 0 aromatic heterocycles. The summed E-state index contributed by atoms with van der Waals surface area (Å²) < 4.78 is 11.0. The molecule has 110 valence electrons. The molecule has 1 atom stereocenters. The van der Waals surface area contributed by atoms with E-state index in [9.17, 15) is 0 Å². The highest BCUT2D eigenvalue weighted by atomic mass is 79.9. The van der Waals surface area contributed by atoms with Crippen molar-refractivity contribution in [3.8, 4) is 11.5 Å². The molecule has 1 unspecified atom stereocenters. The first-order valence-corrected chi connectivity index (χ1v) is 8.20. The zero-order valence-electron chi connectivity index (χ0n) is 12.1. The standard InChI is InChI=1S/C18H19BrO2/c1-20-16-6-2-4-13(10-16)11-17(19)14-7-8-18-15(12-14)5-3-9-21-18/h2,4,6-8,10,12,17H,3,5,9,11H2,1H3. The Hall–Kier alpha value is -1.48. The average molecular weight is 347 g/mol. The molecule has 0 radical (unpaired) electrons. The van der Waals surface area contributed by atoms with Crippen LogP contribution in [0.3, 0.4) is 0 Å². The van der Waals surface area contributed by atoms with E-state index in [2.05, 4.69) is 46.3 Å². The Morgan fingerprint density at radius 2 is 2.14 bits per heavy atom. The summed E-state index contributed by atoms with van der Waals surface area (Å²) in [5.74, 6) is 1.96. The van der Waals surface area contributed by atoms with Gasteiger partial charge in [-0.15, -0.1) is 0 Å². The maximum atomic E-state index is 5.67. The molecule has 3 rings (SSSR count). The first-order valence-electron chi connectivity index (χ1n) is 7.29. The largest absolute Gasteiger partial charge is 0.497 e. The Bertz CT molecular complexity index is 624. The minimum atomic E-state index is 0.303. The molecule has 1 heterocycles. The second-order valence-electron chi connectivity index (χ2n) is 5.34. The van der Waals surface area contributed by atoms with Crippen molar-refractivity contribution < 1.29 is 9.47 Å². The van der Waals surface area contributed by atoms with Crippen LogP contribution in [0.4, 0.5) is 0 Å². The van der Waals surface area contributed by atoms with Crippen LogP contribution in [0.15, 0.2) is 42.5 Å². The molecule has 0 bridgehead atoms. The van der Waals surface area contributed by atoms with Crippen LogP contribution in [0.1, 0.15) is 27.9 Å². The Balaban J connectivity index is 1.76. The van der Waals surface area contributed by atoms with Crippen LogP contribution in [0, 0.1) is 0 Å². The van der Waals surface area contributed by atoms with E-state index in [1.54, 1.807) is 7.11 Å². The number of ether oxygens (including phenoxy) is 2. The van der Waals surface area contributed by atoms with Crippen molar-refractivity contribution >= 4 is 15.9 Å². The minimum Gasteiger partial charge on any atom is -0.497 e. The second kappa shape index (κ2) is 6.52. The van der Waals surface area contributed by atoms with Gasteiger partial charge in [0.25, 0.3) is 0 Å². The Morgan fingerprint density at radius 3 is 3.00 bits per heavy atom. The number of methoxy groups -OCH3 is 1. The molecule has 0 fully saturated rings. The SMILES string of the molecule is COc1cccc(CC(Br)c2ccc3c(c2)CCCO3)c1. The van der Waals surface area contributed by atoms with E-state index in [-0.39, 0.29) is 0 Å². The molecule has 0 aliphatic carbocycles. The van der Waals surface area contributed by atoms with Gasteiger partial charge < -0.3 is 9.47 Å². The van der Waals surface area contributed by atoms with Crippen molar-refractivity contribution in [2.75, 3.05) is 13.7 Å². The van der Waals surface area contributed by atoms with E-state index in [1.165, 1.54) is 16.7 Å². The van der Waals surface area contributed by atoms with Gasteiger partial charge in [-0.1, -0.05) is 40.2 Å². The van der Waals surface area contributed by atoms with Crippen LogP contribution in [0.5, 0.6) is 11.5 Å². The molecule has 0 saturated heterocycles. The highest BCUT2D eigenvalue weighted by Crippen LogP contribution is 2.33. The number of halogens is 1. The van der Waals surface area contributed by atoms with Gasteiger partial charge in [-0.2, -0.15) is 0 Å². The minimum absolute atomic E-state index is 0.303. The fourth-order valence-electron chi connectivity index (χ4n) is 2.70.